The van der Waals surface area contributed by atoms with Gasteiger partial charge in [-0.2, -0.15) is 5.10 Å². The molecule has 1 aliphatic rings. The predicted octanol–water partition coefficient (Wildman–Crippen LogP) is -0.945. The summed E-state index contributed by atoms with van der Waals surface area (Å²) < 4.78 is 1.63. The number of piperazine rings is 1. The second kappa shape index (κ2) is 5.79. The fourth-order valence-electron chi connectivity index (χ4n) is 1.90. The van der Waals surface area contributed by atoms with E-state index in [1.165, 1.54) is 0 Å². The van der Waals surface area contributed by atoms with Crippen LogP contribution in [0.1, 0.15) is 10.4 Å². The van der Waals surface area contributed by atoms with Crippen LogP contribution in [0.4, 0.5) is 0 Å². The Morgan fingerprint density at radius 2 is 2.29 bits per heavy atom. The fourth-order valence-corrected chi connectivity index (χ4v) is 1.90. The summed E-state index contributed by atoms with van der Waals surface area (Å²) in [7, 11) is 1.80. The molecule has 2 heterocycles. The van der Waals surface area contributed by atoms with Crippen LogP contribution in [-0.2, 0) is 7.05 Å². The van der Waals surface area contributed by atoms with Crippen molar-refractivity contribution < 1.29 is 4.79 Å². The molecule has 17 heavy (non-hydrogen) atoms. The van der Waals surface area contributed by atoms with Gasteiger partial charge in [-0.25, -0.2) is 0 Å². The van der Waals surface area contributed by atoms with Crippen LogP contribution in [0.2, 0.25) is 0 Å². The molecule has 2 rings (SSSR count). The Balaban J connectivity index is 1.69. The van der Waals surface area contributed by atoms with Gasteiger partial charge < -0.3 is 10.6 Å². The summed E-state index contributed by atoms with van der Waals surface area (Å²) in [6.07, 6.45) is 3.31. The van der Waals surface area contributed by atoms with Gasteiger partial charge in [0, 0.05) is 52.5 Å². The molecule has 0 radical (unpaired) electrons. The van der Waals surface area contributed by atoms with Gasteiger partial charge in [0.25, 0.3) is 5.91 Å². The van der Waals surface area contributed by atoms with E-state index in [1.807, 2.05) is 0 Å². The number of aromatic nitrogens is 2. The van der Waals surface area contributed by atoms with E-state index < -0.39 is 0 Å². The minimum atomic E-state index is -0.0479. The SMILES string of the molecule is Cn1cc(C(=O)NCCN2CCNCC2)cn1. The van der Waals surface area contributed by atoms with Crippen molar-refractivity contribution in [1.82, 2.24) is 25.3 Å². The third kappa shape index (κ3) is 3.54. The zero-order valence-corrected chi connectivity index (χ0v) is 10.1. The van der Waals surface area contributed by atoms with Crippen molar-refractivity contribution in [3.05, 3.63) is 18.0 Å². The Labute approximate surface area is 101 Å². The summed E-state index contributed by atoms with van der Waals surface area (Å²) >= 11 is 0. The largest absolute Gasteiger partial charge is 0.351 e. The molecule has 0 spiro atoms. The van der Waals surface area contributed by atoms with Gasteiger partial charge in [0.2, 0.25) is 0 Å². The topological polar surface area (TPSA) is 62.2 Å². The van der Waals surface area contributed by atoms with Crippen molar-refractivity contribution >= 4 is 5.91 Å². The first-order valence-electron chi connectivity index (χ1n) is 5.95. The van der Waals surface area contributed by atoms with Gasteiger partial charge >= 0.3 is 0 Å². The number of nitrogens with one attached hydrogen (secondary N) is 2. The quantitative estimate of drug-likeness (QED) is 0.709. The molecular formula is C11H19N5O. The van der Waals surface area contributed by atoms with Crippen molar-refractivity contribution in [2.45, 2.75) is 0 Å². The zero-order chi connectivity index (χ0) is 12.1. The molecule has 1 amide bonds. The zero-order valence-electron chi connectivity index (χ0n) is 10.1. The summed E-state index contributed by atoms with van der Waals surface area (Å²) in [5.41, 5.74) is 0.618. The standard InChI is InChI=1S/C11H19N5O/c1-15-9-10(8-14-15)11(17)13-4-7-16-5-2-12-3-6-16/h8-9,12H,2-7H2,1H3,(H,13,17). The lowest BCUT2D eigenvalue weighted by Crippen LogP contribution is -2.46. The number of rotatable bonds is 4. The highest BCUT2D eigenvalue weighted by Crippen LogP contribution is 1.95. The molecule has 1 saturated heterocycles. The maximum absolute atomic E-state index is 11.7. The highest BCUT2D eigenvalue weighted by molar-refractivity contribution is 5.93. The van der Waals surface area contributed by atoms with Crippen molar-refractivity contribution in [2.75, 3.05) is 39.3 Å². The molecule has 0 saturated carbocycles. The summed E-state index contributed by atoms with van der Waals surface area (Å²) in [5, 5.41) is 10.2. The van der Waals surface area contributed by atoms with Crippen LogP contribution < -0.4 is 10.6 Å². The van der Waals surface area contributed by atoms with E-state index in [4.69, 9.17) is 0 Å². The summed E-state index contributed by atoms with van der Waals surface area (Å²) in [4.78, 5) is 14.1. The monoisotopic (exact) mass is 237 g/mol. The Kier molecular flexibility index (Phi) is 4.11. The number of carbonyl (C=O) groups is 1. The van der Waals surface area contributed by atoms with Gasteiger partial charge in [0.1, 0.15) is 0 Å². The second-order valence-corrected chi connectivity index (χ2v) is 4.25. The van der Waals surface area contributed by atoms with Gasteiger partial charge in [-0.3, -0.25) is 14.4 Å². The van der Waals surface area contributed by atoms with Gasteiger partial charge in [-0.15, -0.1) is 0 Å². The van der Waals surface area contributed by atoms with Crippen molar-refractivity contribution in [3.63, 3.8) is 0 Å². The molecule has 0 aliphatic carbocycles. The maximum Gasteiger partial charge on any atom is 0.254 e. The van der Waals surface area contributed by atoms with Crippen molar-refractivity contribution in [1.29, 1.82) is 0 Å². The first kappa shape index (κ1) is 12.1. The lowest BCUT2D eigenvalue weighted by Gasteiger charge is -2.26. The van der Waals surface area contributed by atoms with Crippen LogP contribution in [0.5, 0.6) is 0 Å². The van der Waals surface area contributed by atoms with E-state index in [1.54, 1.807) is 24.1 Å². The molecule has 1 aromatic heterocycles. The number of amides is 1. The lowest BCUT2D eigenvalue weighted by molar-refractivity contribution is 0.0947. The van der Waals surface area contributed by atoms with E-state index in [0.717, 1.165) is 32.7 Å². The van der Waals surface area contributed by atoms with Crippen molar-refractivity contribution in [3.8, 4) is 0 Å². The predicted molar refractivity (Wildman–Crippen MR) is 64.9 cm³/mol. The van der Waals surface area contributed by atoms with Gasteiger partial charge in [-0.05, 0) is 0 Å². The minimum absolute atomic E-state index is 0.0479. The molecule has 1 aromatic rings. The average molecular weight is 237 g/mol. The molecular weight excluding hydrogens is 218 g/mol. The molecule has 0 bridgehead atoms. The molecule has 0 atom stereocenters. The van der Waals surface area contributed by atoms with E-state index in [2.05, 4.69) is 20.6 Å². The third-order valence-electron chi connectivity index (χ3n) is 2.89. The summed E-state index contributed by atoms with van der Waals surface area (Å²) in [6, 6.07) is 0. The van der Waals surface area contributed by atoms with E-state index in [-0.39, 0.29) is 5.91 Å². The number of nitrogens with zero attached hydrogens (tertiary/aromatic N) is 3. The Morgan fingerprint density at radius 1 is 1.53 bits per heavy atom. The molecule has 1 fully saturated rings. The highest BCUT2D eigenvalue weighted by atomic mass is 16.1. The van der Waals surface area contributed by atoms with Gasteiger partial charge in [0.05, 0.1) is 11.8 Å². The Morgan fingerprint density at radius 3 is 2.94 bits per heavy atom. The first-order valence-corrected chi connectivity index (χ1v) is 5.95. The van der Waals surface area contributed by atoms with Gasteiger partial charge in [-0.1, -0.05) is 0 Å². The van der Waals surface area contributed by atoms with Crippen LogP contribution in [0, 0.1) is 0 Å². The normalized spacial score (nSPS) is 17.0. The van der Waals surface area contributed by atoms with Crippen LogP contribution in [-0.4, -0.2) is 59.9 Å². The first-order chi connectivity index (χ1) is 8.25. The van der Waals surface area contributed by atoms with E-state index in [9.17, 15) is 4.79 Å². The molecule has 0 unspecified atom stereocenters. The fraction of sp³-hybridized carbons (Fsp3) is 0.636. The average Bonchev–Trinajstić information content (AvgIpc) is 2.77. The Bertz CT molecular complexity index is 370. The van der Waals surface area contributed by atoms with Crippen molar-refractivity contribution in [2.24, 2.45) is 7.05 Å². The van der Waals surface area contributed by atoms with Crippen LogP contribution in [0.15, 0.2) is 12.4 Å². The van der Waals surface area contributed by atoms with E-state index >= 15 is 0 Å². The molecule has 2 N–H and O–H groups in total. The van der Waals surface area contributed by atoms with Crippen LogP contribution >= 0.6 is 0 Å². The summed E-state index contributed by atoms with van der Waals surface area (Å²) in [5.74, 6) is -0.0479. The molecule has 1 aliphatic heterocycles. The smallest absolute Gasteiger partial charge is 0.254 e. The third-order valence-corrected chi connectivity index (χ3v) is 2.89. The highest BCUT2D eigenvalue weighted by Gasteiger charge is 2.10. The number of hydrogen-bond donors (Lipinski definition) is 2. The Hall–Kier alpha value is -1.40. The van der Waals surface area contributed by atoms with Crippen LogP contribution in [0.25, 0.3) is 0 Å². The summed E-state index contributed by atoms with van der Waals surface area (Å²) in [6.45, 7) is 5.79. The second-order valence-electron chi connectivity index (χ2n) is 4.25. The number of hydrogen-bond acceptors (Lipinski definition) is 4. The lowest BCUT2D eigenvalue weighted by atomic mass is 10.3. The maximum atomic E-state index is 11.7. The van der Waals surface area contributed by atoms with E-state index in [0.29, 0.717) is 12.1 Å². The molecule has 0 aromatic carbocycles. The number of aryl methyl sites for hydroxylation is 1. The number of carbonyl (C=O) groups excluding carboxylic acids is 1. The molecule has 6 heteroatoms. The molecule has 6 nitrogen and oxygen atoms in total. The minimum Gasteiger partial charge on any atom is -0.351 e. The van der Waals surface area contributed by atoms with Gasteiger partial charge in [0.15, 0.2) is 0 Å². The van der Waals surface area contributed by atoms with Crippen LogP contribution in [0.3, 0.4) is 0 Å². The molecule has 94 valence electrons.